The van der Waals surface area contributed by atoms with Crippen molar-refractivity contribution in [1.29, 1.82) is 0 Å². The normalized spacial score (nSPS) is 15.7. The Hall–Kier alpha value is 0.420. The first kappa shape index (κ1) is 13.5. The molecule has 1 N–H and O–H groups in total. The Bertz CT molecular complexity index is 347. The fourth-order valence-electron chi connectivity index (χ4n) is 1.49. The Morgan fingerprint density at radius 2 is 2.27 bits per heavy atom. The molecule has 0 spiro atoms. The van der Waals surface area contributed by atoms with Gasteiger partial charge in [0.15, 0.2) is 0 Å². The summed E-state index contributed by atoms with van der Waals surface area (Å²) in [4.78, 5) is 6.83. The summed E-state index contributed by atoms with van der Waals surface area (Å²) in [6.45, 7) is 1.84. The molecule has 0 bridgehead atoms. The molecule has 6 heteroatoms. The van der Waals surface area contributed by atoms with Crippen LogP contribution in [0.4, 0.5) is 5.82 Å². The molecular formula is C9H10ClN2NaOS. The fraction of sp³-hybridized carbons (Fsp3) is 0.444. The van der Waals surface area contributed by atoms with E-state index in [4.69, 9.17) is 29.3 Å². The van der Waals surface area contributed by atoms with Crippen molar-refractivity contribution in [1.82, 2.24) is 4.98 Å². The number of anilines is 1. The number of hydrogen-bond acceptors (Lipinski definition) is 4. The molecule has 0 aromatic carbocycles. The quantitative estimate of drug-likeness (QED) is 0.492. The molecule has 3 nitrogen and oxygen atoms in total. The molecule has 15 heavy (non-hydrogen) atoms. The van der Waals surface area contributed by atoms with E-state index in [9.17, 15) is 0 Å². The molecule has 2 heterocycles. The standard InChI is InChI=1S/C9H11ClN2OS.Na/c10-8-7(14)1-2-11-9(8)12-3-6(4-12)5-13;/h1-2,6,13H,3-5H2,(H,11,14);/q;+1/p-1. The van der Waals surface area contributed by atoms with Crippen LogP contribution in [0.1, 0.15) is 0 Å². The van der Waals surface area contributed by atoms with Crippen LogP contribution in [0.15, 0.2) is 17.2 Å². The van der Waals surface area contributed by atoms with Crippen LogP contribution >= 0.6 is 11.6 Å². The topological polar surface area (TPSA) is 36.4 Å². The van der Waals surface area contributed by atoms with Gasteiger partial charge in [-0.25, -0.2) is 4.98 Å². The number of pyridine rings is 1. The predicted molar refractivity (Wildman–Crippen MR) is 57.7 cm³/mol. The van der Waals surface area contributed by atoms with E-state index in [1.807, 2.05) is 4.90 Å². The van der Waals surface area contributed by atoms with E-state index in [0.29, 0.717) is 15.8 Å². The van der Waals surface area contributed by atoms with Gasteiger partial charge in [0, 0.05) is 31.8 Å². The van der Waals surface area contributed by atoms with E-state index < -0.39 is 0 Å². The maximum Gasteiger partial charge on any atom is 1.00 e. The van der Waals surface area contributed by atoms with Gasteiger partial charge in [0.05, 0.1) is 5.02 Å². The SMILES string of the molecule is OCC1CN(c2nccc([S-])c2Cl)C1.[Na+]. The van der Waals surface area contributed by atoms with Crippen LogP contribution in [0, 0.1) is 5.92 Å². The van der Waals surface area contributed by atoms with E-state index in [0.717, 1.165) is 18.9 Å². The van der Waals surface area contributed by atoms with Gasteiger partial charge in [0.25, 0.3) is 0 Å². The largest absolute Gasteiger partial charge is 1.00 e. The van der Waals surface area contributed by atoms with Crippen LogP contribution in [0.5, 0.6) is 0 Å². The molecule has 0 unspecified atom stereocenters. The second-order valence-corrected chi connectivity index (χ2v) is 4.22. The first-order chi connectivity index (χ1) is 6.72. The zero-order valence-electron chi connectivity index (χ0n) is 8.48. The van der Waals surface area contributed by atoms with Gasteiger partial charge < -0.3 is 22.6 Å². The number of aliphatic hydroxyl groups is 1. The Morgan fingerprint density at radius 3 is 2.87 bits per heavy atom. The molecule has 1 saturated heterocycles. The molecule has 0 radical (unpaired) electrons. The van der Waals surface area contributed by atoms with Gasteiger partial charge in [0.1, 0.15) is 5.82 Å². The minimum atomic E-state index is 0. The molecule has 1 aromatic rings. The van der Waals surface area contributed by atoms with Gasteiger partial charge in [0.2, 0.25) is 0 Å². The second-order valence-electron chi connectivity index (χ2n) is 3.40. The summed E-state index contributed by atoms with van der Waals surface area (Å²) in [5, 5.41) is 9.41. The summed E-state index contributed by atoms with van der Waals surface area (Å²) in [5.74, 6) is 1.09. The molecule has 0 atom stereocenters. The maximum atomic E-state index is 8.87. The minimum Gasteiger partial charge on any atom is -0.778 e. The van der Waals surface area contributed by atoms with Crippen molar-refractivity contribution in [3.8, 4) is 0 Å². The molecule has 0 aliphatic carbocycles. The van der Waals surface area contributed by atoms with Gasteiger partial charge in [-0.1, -0.05) is 17.7 Å². The van der Waals surface area contributed by atoms with Crippen LogP contribution in [0.25, 0.3) is 0 Å². The molecule has 2 rings (SSSR count). The van der Waals surface area contributed by atoms with Crippen LogP contribution in [-0.4, -0.2) is 29.8 Å². The molecular weight excluding hydrogens is 243 g/mol. The van der Waals surface area contributed by atoms with E-state index in [-0.39, 0.29) is 36.2 Å². The molecule has 1 aromatic heterocycles. The van der Waals surface area contributed by atoms with Gasteiger partial charge >= 0.3 is 29.6 Å². The van der Waals surface area contributed by atoms with Gasteiger partial charge in [-0.2, -0.15) is 4.90 Å². The zero-order chi connectivity index (χ0) is 10.1. The van der Waals surface area contributed by atoms with Gasteiger partial charge in [-0.05, 0) is 0 Å². The van der Waals surface area contributed by atoms with Crippen LogP contribution < -0.4 is 34.5 Å². The van der Waals surface area contributed by atoms with Crippen molar-refractivity contribution in [2.45, 2.75) is 4.90 Å². The van der Waals surface area contributed by atoms with Crippen molar-refractivity contribution in [3.63, 3.8) is 0 Å². The minimum absolute atomic E-state index is 0. The third kappa shape index (κ3) is 2.75. The number of aromatic nitrogens is 1. The average Bonchev–Trinajstić information content (AvgIpc) is 2.10. The summed E-state index contributed by atoms with van der Waals surface area (Å²) < 4.78 is 0. The van der Waals surface area contributed by atoms with Crippen LogP contribution in [0.3, 0.4) is 0 Å². The number of aliphatic hydroxyl groups excluding tert-OH is 1. The summed E-state index contributed by atoms with van der Waals surface area (Å²) in [5.41, 5.74) is 0. The monoisotopic (exact) mass is 252 g/mol. The maximum absolute atomic E-state index is 8.87. The van der Waals surface area contributed by atoms with Crippen molar-refractivity contribution in [2.24, 2.45) is 5.92 Å². The van der Waals surface area contributed by atoms with Crippen LogP contribution in [0.2, 0.25) is 5.02 Å². The molecule has 1 aliphatic rings. The van der Waals surface area contributed by atoms with Crippen molar-refractivity contribution < 1.29 is 34.7 Å². The first-order valence-corrected chi connectivity index (χ1v) is 5.18. The van der Waals surface area contributed by atoms with Crippen LogP contribution in [-0.2, 0) is 12.6 Å². The predicted octanol–water partition coefficient (Wildman–Crippen LogP) is -1.93. The Kier molecular flexibility index (Phi) is 5.09. The summed E-state index contributed by atoms with van der Waals surface area (Å²) in [6, 6.07) is 1.71. The number of nitrogens with zero attached hydrogens (tertiary/aromatic N) is 2. The van der Waals surface area contributed by atoms with E-state index in [2.05, 4.69) is 4.98 Å². The fourth-order valence-corrected chi connectivity index (χ4v) is 1.88. The number of rotatable bonds is 2. The first-order valence-electron chi connectivity index (χ1n) is 4.39. The van der Waals surface area contributed by atoms with Gasteiger partial charge in [-0.3, -0.25) is 0 Å². The molecule has 1 aliphatic heterocycles. The Labute approximate surface area is 122 Å². The summed E-state index contributed by atoms with van der Waals surface area (Å²) >= 11 is 11.1. The Balaban J connectivity index is 0.00000112. The van der Waals surface area contributed by atoms with Crippen molar-refractivity contribution in [2.75, 3.05) is 24.6 Å². The second kappa shape index (κ2) is 5.66. The summed E-state index contributed by atoms with van der Waals surface area (Å²) in [6.07, 6.45) is 1.66. The molecule has 76 valence electrons. The van der Waals surface area contributed by atoms with Crippen molar-refractivity contribution >= 4 is 30.0 Å². The molecule has 0 saturated carbocycles. The third-order valence-electron chi connectivity index (χ3n) is 2.35. The van der Waals surface area contributed by atoms with E-state index in [1.54, 1.807) is 12.3 Å². The average molecular weight is 253 g/mol. The Morgan fingerprint density at radius 1 is 1.60 bits per heavy atom. The zero-order valence-corrected chi connectivity index (χ0v) is 12.1. The smallest absolute Gasteiger partial charge is 0.778 e. The van der Waals surface area contributed by atoms with Gasteiger partial charge in [-0.15, -0.1) is 0 Å². The molecule has 0 amide bonds. The van der Waals surface area contributed by atoms with Crippen molar-refractivity contribution in [3.05, 3.63) is 17.3 Å². The number of halogens is 1. The van der Waals surface area contributed by atoms with E-state index in [1.165, 1.54) is 0 Å². The number of hydrogen-bond donors (Lipinski definition) is 1. The molecule has 1 fully saturated rings. The summed E-state index contributed by atoms with van der Waals surface area (Å²) in [7, 11) is 0. The van der Waals surface area contributed by atoms with E-state index >= 15 is 0 Å². The third-order valence-corrected chi connectivity index (χ3v) is 3.18.